The van der Waals surface area contributed by atoms with E-state index in [1.807, 2.05) is 0 Å². The number of nitrogens with zero attached hydrogens (tertiary/aromatic N) is 4. The van der Waals surface area contributed by atoms with Crippen LogP contribution in [0.15, 0.2) is 59.4 Å². The Balaban J connectivity index is 1.69. The predicted octanol–water partition coefficient (Wildman–Crippen LogP) is 2.90. The molecule has 11 heteroatoms. The van der Waals surface area contributed by atoms with Crippen molar-refractivity contribution in [2.45, 2.75) is 0 Å². The second kappa shape index (κ2) is 7.17. The van der Waals surface area contributed by atoms with Crippen LogP contribution in [0.3, 0.4) is 0 Å². The van der Waals surface area contributed by atoms with Crippen LogP contribution in [0.5, 0.6) is 0 Å². The second-order valence-electron chi connectivity index (χ2n) is 5.95. The molecule has 0 aliphatic heterocycles. The molecule has 144 valence electrons. The van der Waals surface area contributed by atoms with E-state index in [0.717, 1.165) is 6.07 Å². The molecule has 10 nitrogen and oxygen atoms in total. The molecular weight excluding hydrogens is 400 g/mol. The van der Waals surface area contributed by atoms with Crippen LogP contribution in [-0.4, -0.2) is 30.4 Å². The number of benzene rings is 2. The minimum absolute atomic E-state index is 0.0971. The van der Waals surface area contributed by atoms with Gasteiger partial charge < -0.3 is 5.32 Å². The van der Waals surface area contributed by atoms with Crippen molar-refractivity contribution < 1.29 is 9.72 Å². The number of aromatic amines is 1. The molecule has 0 saturated heterocycles. The van der Waals surface area contributed by atoms with Crippen LogP contribution < -0.4 is 10.9 Å². The Hall–Kier alpha value is -4.05. The Bertz CT molecular complexity index is 1290. The Morgan fingerprint density at radius 2 is 1.83 bits per heavy atom. The van der Waals surface area contributed by atoms with Crippen LogP contribution in [0.4, 0.5) is 11.5 Å². The SMILES string of the molecule is O=C(Nc1cc(=O)[nH]c2nc(-c3ccc(Cl)cc3)nn12)c1ccc([N+](=O)[O-])cc1. The molecule has 0 radical (unpaired) electrons. The summed E-state index contributed by atoms with van der Waals surface area (Å²) >= 11 is 5.89. The van der Waals surface area contributed by atoms with Gasteiger partial charge in [-0.1, -0.05) is 11.6 Å². The number of nitro groups is 1. The maximum absolute atomic E-state index is 12.5. The summed E-state index contributed by atoms with van der Waals surface area (Å²) in [4.78, 5) is 41.4. The molecule has 0 saturated carbocycles. The molecule has 29 heavy (non-hydrogen) atoms. The van der Waals surface area contributed by atoms with Gasteiger partial charge in [0.25, 0.3) is 17.2 Å². The molecule has 0 unspecified atom stereocenters. The van der Waals surface area contributed by atoms with E-state index in [4.69, 9.17) is 11.6 Å². The molecule has 0 fully saturated rings. The molecule has 2 N–H and O–H groups in total. The van der Waals surface area contributed by atoms with Crippen molar-refractivity contribution in [1.82, 2.24) is 19.6 Å². The topological polar surface area (TPSA) is 135 Å². The van der Waals surface area contributed by atoms with Gasteiger partial charge in [-0.25, -0.2) is 0 Å². The number of rotatable bonds is 4. The van der Waals surface area contributed by atoms with E-state index in [2.05, 4.69) is 20.4 Å². The molecule has 4 aromatic rings. The number of carbonyl (C=O) groups is 1. The largest absolute Gasteiger partial charge is 0.306 e. The number of halogens is 1. The van der Waals surface area contributed by atoms with Gasteiger partial charge in [-0.2, -0.15) is 9.50 Å². The number of nitrogens with one attached hydrogen (secondary N) is 2. The molecular formula is C18H11ClN6O4. The van der Waals surface area contributed by atoms with Crippen molar-refractivity contribution in [1.29, 1.82) is 0 Å². The second-order valence-corrected chi connectivity index (χ2v) is 6.39. The van der Waals surface area contributed by atoms with Gasteiger partial charge in [-0.05, 0) is 36.4 Å². The summed E-state index contributed by atoms with van der Waals surface area (Å²) in [5, 5.41) is 18.2. The lowest BCUT2D eigenvalue weighted by atomic mass is 10.2. The van der Waals surface area contributed by atoms with Gasteiger partial charge in [-0.15, -0.1) is 5.10 Å². The first kappa shape index (κ1) is 18.3. The van der Waals surface area contributed by atoms with Crippen molar-refractivity contribution in [3.63, 3.8) is 0 Å². The van der Waals surface area contributed by atoms with Crippen LogP contribution in [0.1, 0.15) is 10.4 Å². The molecule has 4 rings (SSSR count). The Labute approximate surface area is 166 Å². The van der Waals surface area contributed by atoms with Crippen molar-refractivity contribution in [3.8, 4) is 11.4 Å². The van der Waals surface area contributed by atoms with Crippen molar-refractivity contribution in [3.05, 3.63) is 85.7 Å². The average Bonchev–Trinajstić information content (AvgIpc) is 3.12. The maximum Gasteiger partial charge on any atom is 0.269 e. The van der Waals surface area contributed by atoms with Crippen molar-refractivity contribution in [2.75, 3.05) is 5.32 Å². The highest BCUT2D eigenvalue weighted by Gasteiger charge is 2.15. The molecule has 2 aromatic heterocycles. The molecule has 0 bridgehead atoms. The Morgan fingerprint density at radius 3 is 2.48 bits per heavy atom. The average molecular weight is 411 g/mol. The molecule has 0 aliphatic rings. The number of nitro benzene ring substituents is 1. The van der Waals surface area contributed by atoms with E-state index in [1.165, 1.54) is 28.8 Å². The lowest BCUT2D eigenvalue weighted by Gasteiger charge is -2.06. The van der Waals surface area contributed by atoms with E-state index in [0.29, 0.717) is 16.4 Å². The van der Waals surface area contributed by atoms with Gasteiger partial charge in [-0.3, -0.25) is 24.7 Å². The Morgan fingerprint density at radius 1 is 1.14 bits per heavy atom. The highest BCUT2D eigenvalue weighted by molar-refractivity contribution is 6.30. The molecule has 2 aromatic carbocycles. The summed E-state index contributed by atoms with van der Waals surface area (Å²) in [6.07, 6.45) is 0. The third-order valence-electron chi connectivity index (χ3n) is 4.02. The summed E-state index contributed by atoms with van der Waals surface area (Å²) in [6, 6.07) is 13.1. The first-order valence-corrected chi connectivity index (χ1v) is 8.60. The van der Waals surface area contributed by atoms with Crippen LogP contribution in [0.2, 0.25) is 5.02 Å². The molecule has 2 heterocycles. The summed E-state index contributed by atoms with van der Waals surface area (Å²) in [5.74, 6) is 0.00552. The van der Waals surface area contributed by atoms with Crippen LogP contribution in [0, 0.1) is 10.1 Å². The number of H-pyrrole nitrogens is 1. The summed E-state index contributed by atoms with van der Waals surface area (Å²) in [5.41, 5.74) is 0.240. The van der Waals surface area contributed by atoms with Crippen LogP contribution in [0.25, 0.3) is 17.2 Å². The maximum atomic E-state index is 12.5. The fourth-order valence-corrected chi connectivity index (χ4v) is 2.75. The molecule has 0 aliphatic carbocycles. The monoisotopic (exact) mass is 410 g/mol. The zero-order valence-electron chi connectivity index (χ0n) is 14.5. The van der Waals surface area contributed by atoms with E-state index in [1.54, 1.807) is 24.3 Å². The first-order valence-electron chi connectivity index (χ1n) is 8.22. The third-order valence-corrected chi connectivity index (χ3v) is 4.27. The highest BCUT2D eigenvalue weighted by Crippen LogP contribution is 2.20. The third kappa shape index (κ3) is 3.69. The number of hydrogen-bond acceptors (Lipinski definition) is 6. The number of hydrogen-bond donors (Lipinski definition) is 2. The van der Waals surface area contributed by atoms with Crippen LogP contribution in [-0.2, 0) is 0 Å². The smallest absolute Gasteiger partial charge is 0.269 e. The zero-order chi connectivity index (χ0) is 20.5. The van der Waals surface area contributed by atoms with E-state index >= 15 is 0 Å². The minimum Gasteiger partial charge on any atom is -0.306 e. The normalized spacial score (nSPS) is 10.8. The predicted molar refractivity (Wildman–Crippen MR) is 105 cm³/mol. The number of carbonyl (C=O) groups excluding carboxylic acids is 1. The van der Waals surface area contributed by atoms with Gasteiger partial charge in [0.2, 0.25) is 5.78 Å². The summed E-state index contributed by atoms with van der Waals surface area (Å²) in [7, 11) is 0. The lowest BCUT2D eigenvalue weighted by molar-refractivity contribution is -0.384. The summed E-state index contributed by atoms with van der Waals surface area (Å²) in [6.45, 7) is 0. The van der Waals surface area contributed by atoms with Gasteiger partial charge >= 0.3 is 0 Å². The highest BCUT2D eigenvalue weighted by atomic mass is 35.5. The number of aromatic nitrogens is 4. The molecule has 0 atom stereocenters. The van der Waals surface area contributed by atoms with Gasteiger partial charge in [0.05, 0.1) is 4.92 Å². The van der Waals surface area contributed by atoms with E-state index < -0.39 is 16.4 Å². The van der Waals surface area contributed by atoms with Gasteiger partial charge in [0.15, 0.2) is 5.82 Å². The van der Waals surface area contributed by atoms with Gasteiger partial charge in [0, 0.05) is 34.3 Å². The Kier molecular flexibility index (Phi) is 4.53. The number of amides is 1. The van der Waals surface area contributed by atoms with Crippen molar-refractivity contribution in [2.24, 2.45) is 0 Å². The molecule has 1 amide bonds. The number of non-ortho nitro benzene ring substituents is 1. The lowest BCUT2D eigenvalue weighted by Crippen LogP contribution is -2.18. The number of anilines is 1. The first-order chi connectivity index (χ1) is 13.9. The van der Waals surface area contributed by atoms with Gasteiger partial charge in [0.1, 0.15) is 5.82 Å². The van der Waals surface area contributed by atoms with Crippen molar-refractivity contribution >= 4 is 34.8 Å². The van der Waals surface area contributed by atoms with Crippen LogP contribution >= 0.6 is 11.6 Å². The van der Waals surface area contributed by atoms with E-state index in [-0.39, 0.29) is 22.8 Å². The molecule has 0 spiro atoms. The quantitative estimate of drug-likeness (QED) is 0.392. The standard InChI is InChI=1S/C18H11ClN6O4/c19-12-5-1-10(2-6-12)16-22-18-21-15(26)9-14(24(18)23-16)20-17(27)11-3-7-13(8-4-11)25(28)29/h1-9H,(H,20,27)(H,21,22,23,26). The minimum atomic E-state index is -0.560. The zero-order valence-corrected chi connectivity index (χ0v) is 15.3. The fourth-order valence-electron chi connectivity index (χ4n) is 2.63. The van der Waals surface area contributed by atoms with E-state index in [9.17, 15) is 19.7 Å². The number of fused-ring (bicyclic) bond motifs is 1. The summed E-state index contributed by atoms with van der Waals surface area (Å²) < 4.78 is 1.29. The fraction of sp³-hybridized carbons (Fsp3) is 0.